The Balaban J connectivity index is 1.67. The first-order valence-corrected chi connectivity index (χ1v) is 11.5. The predicted octanol–water partition coefficient (Wildman–Crippen LogP) is 2.95. The zero-order valence-electron chi connectivity index (χ0n) is 20.0. The molecule has 0 radical (unpaired) electrons. The fraction of sp³-hybridized carbons (Fsp3) is 0.222. The van der Waals surface area contributed by atoms with E-state index in [-0.39, 0.29) is 5.56 Å². The van der Waals surface area contributed by atoms with Gasteiger partial charge in [0.2, 0.25) is 0 Å². The highest BCUT2D eigenvalue weighted by Gasteiger charge is 2.16. The molecule has 0 saturated heterocycles. The largest absolute Gasteiger partial charge is 0.497 e. The number of hydrogen-bond acceptors (Lipinski definition) is 6. The van der Waals surface area contributed by atoms with Gasteiger partial charge in [0.25, 0.3) is 5.56 Å². The van der Waals surface area contributed by atoms with E-state index in [1.807, 2.05) is 48.5 Å². The summed E-state index contributed by atoms with van der Waals surface area (Å²) in [5.41, 5.74) is 4.00. The molecule has 2 aromatic carbocycles. The van der Waals surface area contributed by atoms with E-state index in [0.717, 1.165) is 45.8 Å². The van der Waals surface area contributed by atoms with Crippen LogP contribution in [0.15, 0.2) is 75.9 Å². The number of aromatic amines is 1. The fourth-order valence-electron chi connectivity index (χ4n) is 4.38. The molecule has 0 atom stereocenters. The van der Waals surface area contributed by atoms with Gasteiger partial charge in [-0.3, -0.25) is 14.5 Å². The van der Waals surface area contributed by atoms with Crippen LogP contribution in [0.2, 0.25) is 0 Å². The number of H-pyrrole nitrogens is 1. The molecule has 1 aliphatic heterocycles. The molecular formula is C27H27N5O3. The van der Waals surface area contributed by atoms with Crippen molar-refractivity contribution in [1.82, 2.24) is 20.1 Å². The number of aromatic nitrogens is 3. The molecule has 2 N–H and O–H groups in total. The van der Waals surface area contributed by atoms with Crippen molar-refractivity contribution < 1.29 is 9.47 Å². The summed E-state index contributed by atoms with van der Waals surface area (Å²) in [6.07, 6.45) is 5.23. The molecule has 35 heavy (non-hydrogen) atoms. The number of ether oxygens (including phenoxy) is 2. The number of nitrogens with one attached hydrogen (secondary N) is 2. The van der Waals surface area contributed by atoms with Gasteiger partial charge in [-0.05, 0) is 42.7 Å². The van der Waals surface area contributed by atoms with Gasteiger partial charge in [0.1, 0.15) is 17.3 Å². The lowest BCUT2D eigenvalue weighted by Crippen LogP contribution is -2.43. The molecule has 3 heterocycles. The summed E-state index contributed by atoms with van der Waals surface area (Å²) in [5, 5.41) is 12.1. The minimum atomic E-state index is -0.160. The number of nitrogens with zero attached hydrogens (tertiary/aromatic N) is 3. The quantitative estimate of drug-likeness (QED) is 0.434. The van der Waals surface area contributed by atoms with Crippen molar-refractivity contribution in [2.75, 3.05) is 14.2 Å². The SMILES string of the molecule is CCC1=C(NCc2ccc(OC)cc2OC)N=c2c(c3[nH]ncc3c(=O)n2-c2ccccc2)=CC1. The van der Waals surface area contributed by atoms with Crippen LogP contribution in [0.4, 0.5) is 0 Å². The van der Waals surface area contributed by atoms with Gasteiger partial charge in [-0.2, -0.15) is 5.10 Å². The number of rotatable bonds is 7. The third-order valence-corrected chi connectivity index (χ3v) is 6.28. The monoisotopic (exact) mass is 469 g/mol. The lowest BCUT2D eigenvalue weighted by atomic mass is 10.1. The Kier molecular flexibility index (Phi) is 6.10. The van der Waals surface area contributed by atoms with E-state index in [1.54, 1.807) is 25.0 Å². The van der Waals surface area contributed by atoms with Crippen LogP contribution in [-0.2, 0) is 6.54 Å². The molecule has 5 rings (SSSR count). The molecule has 0 amide bonds. The Labute approximate surface area is 202 Å². The van der Waals surface area contributed by atoms with Crippen LogP contribution in [0.3, 0.4) is 0 Å². The molecule has 8 heteroatoms. The van der Waals surface area contributed by atoms with Crippen LogP contribution >= 0.6 is 0 Å². The van der Waals surface area contributed by atoms with E-state index >= 15 is 0 Å². The summed E-state index contributed by atoms with van der Waals surface area (Å²) in [5.74, 6) is 2.22. The highest BCUT2D eigenvalue weighted by molar-refractivity contribution is 5.78. The van der Waals surface area contributed by atoms with Crippen LogP contribution in [-0.4, -0.2) is 29.0 Å². The first kappa shape index (κ1) is 22.5. The Hall–Kier alpha value is -4.33. The average Bonchev–Trinajstić information content (AvgIpc) is 3.32. The van der Waals surface area contributed by atoms with Crippen molar-refractivity contribution in [1.29, 1.82) is 0 Å². The summed E-state index contributed by atoms with van der Waals surface area (Å²) in [6, 6.07) is 15.3. The van der Waals surface area contributed by atoms with Crippen molar-refractivity contribution in [3.05, 3.63) is 92.7 Å². The second kappa shape index (κ2) is 9.50. The smallest absolute Gasteiger partial charge is 0.267 e. The molecule has 2 aromatic heterocycles. The van der Waals surface area contributed by atoms with Gasteiger partial charge < -0.3 is 14.8 Å². The maximum atomic E-state index is 13.5. The van der Waals surface area contributed by atoms with Gasteiger partial charge in [-0.25, -0.2) is 4.99 Å². The van der Waals surface area contributed by atoms with Gasteiger partial charge in [-0.15, -0.1) is 0 Å². The molecule has 0 saturated carbocycles. The van der Waals surface area contributed by atoms with E-state index in [1.165, 1.54) is 0 Å². The predicted molar refractivity (Wildman–Crippen MR) is 135 cm³/mol. The molecule has 4 aromatic rings. The van der Waals surface area contributed by atoms with Crippen LogP contribution in [0, 0.1) is 0 Å². The number of benzene rings is 2. The molecular weight excluding hydrogens is 442 g/mol. The van der Waals surface area contributed by atoms with E-state index in [0.29, 0.717) is 29.4 Å². The van der Waals surface area contributed by atoms with Gasteiger partial charge in [0.15, 0.2) is 5.49 Å². The summed E-state index contributed by atoms with van der Waals surface area (Å²) in [4.78, 5) is 18.6. The lowest BCUT2D eigenvalue weighted by molar-refractivity contribution is 0.390. The maximum Gasteiger partial charge on any atom is 0.267 e. The minimum absolute atomic E-state index is 0.160. The van der Waals surface area contributed by atoms with Crippen LogP contribution < -0.4 is 31.1 Å². The van der Waals surface area contributed by atoms with Gasteiger partial charge in [-0.1, -0.05) is 31.2 Å². The van der Waals surface area contributed by atoms with E-state index < -0.39 is 0 Å². The molecule has 0 aliphatic carbocycles. The summed E-state index contributed by atoms with van der Waals surface area (Å²) >= 11 is 0. The first-order valence-electron chi connectivity index (χ1n) is 11.5. The summed E-state index contributed by atoms with van der Waals surface area (Å²) in [6.45, 7) is 2.62. The standard InChI is InChI=1S/C27H27N5O3/c1-4-17-11-13-21-24-22(16-29-31-24)27(33)32(19-8-6-5-7-9-19)26(21)30-25(17)28-15-18-10-12-20(34-2)14-23(18)35-3/h5-10,12-14,16,28H,4,11,15H2,1-3H3,(H,29,31). The minimum Gasteiger partial charge on any atom is -0.497 e. The van der Waals surface area contributed by atoms with Crippen molar-refractivity contribution in [3.63, 3.8) is 0 Å². The summed E-state index contributed by atoms with van der Waals surface area (Å²) in [7, 11) is 3.27. The lowest BCUT2D eigenvalue weighted by Gasteiger charge is -2.14. The van der Waals surface area contributed by atoms with E-state index in [9.17, 15) is 4.79 Å². The highest BCUT2D eigenvalue weighted by atomic mass is 16.5. The highest BCUT2D eigenvalue weighted by Crippen LogP contribution is 2.25. The maximum absolute atomic E-state index is 13.5. The number of fused-ring (bicyclic) bond motifs is 3. The molecule has 0 spiro atoms. The van der Waals surface area contributed by atoms with Crippen LogP contribution in [0.25, 0.3) is 22.7 Å². The van der Waals surface area contributed by atoms with Gasteiger partial charge >= 0.3 is 0 Å². The van der Waals surface area contributed by atoms with Crippen molar-refractivity contribution >= 4 is 17.0 Å². The van der Waals surface area contributed by atoms with Crippen molar-refractivity contribution in [3.8, 4) is 17.2 Å². The van der Waals surface area contributed by atoms with E-state index in [4.69, 9.17) is 14.5 Å². The molecule has 0 fully saturated rings. The summed E-state index contributed by atoms with van der Waals surface area (Å²) < 4.78 is 12.5. The molecule has 0 unspecified atom stereocenters. The Bertz CT molecular complexity index is 1600. The molecule has 178 valence electrons. The second-order valence-corrected chi connectivity index (χ2v) is 8.23. The third kappa shape index (κ3) is 4.07. The Morgan fingerprint density at radius 3 is 2.69 bits per heavy atom. The fourth-order valence-corrected chi connectivity index (χ4v) is 4.38. The zero-order valence-corrected chi connectivity index (χ0v) is 20.0. The average molecular weight is 470 g/mol. The zero-order chi connectivity index (χ0) is 24.4. The Morgan fingerprint density at radius 1 is 1.11 bits per heavy atom. The number of allylic oxidation sites excluding steroid dienone is 1. The van der Waals surface area contributed by atoms with Gasteiger partial charge in [0.05, 0.1) is 37.0 Å². The number of pyridine rings is 1. The van der Waals surface area contributed by atoms with Crippen LogP contribution in [0.1, 0.15) is 25.3 Å². The van der Waals surface area contributed by atoms with Crippen LogP contribution in [0.5, 0.6) is 11.5 Å². The molecule has 8 nitrogen and oxygen atoms in total. The first-order chi connectivity index (χ1) is 17.1. The normalized spacial score (nSPS) is 13.0. The number of para-hydroxylation sites is 1. The third-order valence-electron chi connectivity index (χ3n) is 6.28. The number of hydrogen-bond donors (Lipinski definition) is 2. The van der Waals surface area contributed by atoms with Crippen molar-refractivity contribution in [2.24, 2.45) is 4.99 Å². The second-order valence-electron chi connectivity index (χ2n) is 8.23. The van der Waals surface area contributed by atoms with E-state index in [2.05, 4.69) is 28.5 Å². The molecule has 0 bridgehead atoms. The number of methoxy groups -OCH3 is 2. The van der Waals surface area contributed by atoms with Crippen molar-refractivity contribution in [2.45, 2.75) is 26.3 Å². The topological polar surface area (TPSA) is 93.5 Å². The molecule has 1 aliphatic rings. The Morgan fingerprint density at radius 2 is 1.94 bits per heavy atom. The van der Waals surface area contributed by atoms with Gasteiger partial charge in [0, 0.05) is 23.4 Å².